The standard InChI is InChI=1S/C12H15BrClFN2O3S/c1-20-7-3-2-6(4-7)17-21(18,19)9-5-8(14)10(13)12(16)11(9)15/h5-7,17H,2-4,16H2,1H3. The van der Waals surface area contributed by atoms with Crippen molar-refractivity contribution in [1.29, 1.82) is 0 Å². The van der Waals surface area contributed by atoms with E-state index in [2.05, 4.69) is 20.7 Å². The van der Waals surface area contributed by atoms with E-state index in [-0.39, 0.29) is 27.3 Å². The van der Waals surface area contributed by atoms with Crippen LogP contribution >= 0.6 is 27.5 Å². The average Bonchev–Trinajstić information content (AvgIpc) is 2.87. The van der Waals surface area contributed by atoms with Crippen LogP contribution in [-0.2, 0) is 14.8 Å². The van der Waals surface area contributed by atoms with Gasteiger partial charge in [0, 0.05) is 13.2 Å². The highest BCUT2D eigenvalue weighted by atomic mass is 79.9. The van der Waals surface area contributed by atoms with Gasteiger partial charge in [0.2, 0.25) is 10.0 Å². The molecule has 1 aromatic rings. The van der Waals surface area contributed by atoms with E-state index in [4.69, 9.17) is 22.1 Å². The first-order valence-electron chi connectivity index (χ1n) is 6.24. The third kappa shape index (κ3) is 3.50. The van der Waals surface area contributed by atoms with Crippen LogP contribution < -0.4 is 10.5 Å². The molecule has 0 radical (unpaired) electrons. The summed E-state index contributed by atoms with van der Waals surface area (Å²) >= 11 is 8.86. The molecule has 2 unspecified atom stereocenters. The molecule has 1 saturated carbocycles. The van der Waals surface area contributed by atoms with Crippen molar-refractivity contribution >= 4 is 43.2 Å². The SMILES string of the molecule is COC1CCC(NS(=O)(=O)c2cc(Cl)c(Br)c(N)c2F)C1. The Morgan fingerprint density at radius 3 is 2.76 bits per heavy atom. The van der Waals surface area contributed by atoms with Gasteiger partial charge in [-0.25, -0.2) is 17.5 Å². The fourth-order valence-corrected chi connectivity index (χ4v) is 4.30. The van der Waals surface area contributed by atoms with Crippen molar-refractivity contribution in [1.82, 2.24) is 4.72 Å². The Morgan fingerprint density at radius 2 is 2.19 bits per heavy atom. The molecule has 2 atom stereocenters. The molecule has 0 saturated heterocycles. The van der Waals surface area contributed by atoms with E-state index in [9.17, 15) is 12.8 Å². The summed E-state index contributed by atoms with van der Waals surface area (Å²) in [6, 6.07) is 0.755. The molecule has 9 heteroatoms. The van der Waals surface area contributed by atoms with Gasteiger partial charge >= 0.3 is 0 Å². The molecule has 0 amide bonds. The Morgan fingerprint density at radius 1 is 1.52 bits per heavy atom. The number of hydrogen-bond acceptors (Lipinski definition) is 4. The summed E-state index contributed by atoms with van der Waals surface area (Å²) in [5.74, 6) is -1.01. The zero-order valence-electron chi connectivity index (χ0n) is 11.2. The van der Waals surface area contributed by atoms with E-state index in [0.717, 1.165) is 12.5 Å². The molecule has 2 rings (SSSR count). The Labute approximate surface area is 136 Å². The predicted octanol–water partition coefficient (Wildman–Crippen LogP) is 2.67. The van der Waals surface area contributed by atoms with Crippen LogP contribution in [0.25, 0.3) is 0 Å². The summed E-state index contributed by atoms with van der Waals surface area (Å²) < 4.78 is 46.5. The Kier molecular flexibility index (Phi) is 5.15. The van der Waals surface area contributed by atoms with Crippen LogP contribution in [0.3, 0.4) is 0 Å². The van der Waals surface area contributed by atoms with E-state index in [1.807, 2.05) is 0 Å². The number of nitrogens with one attached hydrogen (secondary N) is 1. The Hall–Kier alpha value is -0.410. The number of anilines is 1. The summed E-state index contributed by atoms with van der Waals surface area (Å²) in [6.07, 6.45) is 1.96. The number of methoxy groups -OCH3 is 1. The summed E-state index contributed by atoms with van der Waals surface area (Å²) in [4.78, 5) is -0.547. The maximum atomic E-state index is 14.1. The molecule has 0 bridgehead atoms. The van der Waals surface area contributed by atoms with Gasteiger partial charge in [-0.1, -0.05) is 11.6 Å². The van der Waals surface area contributed by atoms with Gasteiger partial charge in [0.1, 0.15) is 4.90 Å². The van der Waals surface area contributed by atoms with Gasteiger partial charge in [0.15, 0.2) is 5.82 Å². The minimum absolute atomic E-state index is 0.0149. The van der Waals surface area contributed by atoms with E-state index in [0.29, 0.717) is 12.8 Å². The zero-order valence-corrected chi connectivity index (χ0v) is 14.4. The highest BCUT2D eigenvalue weighted by Gasteiger charge is 2.31. The normalized spacial score (nSPS) is 22.7. The van der Waals surface area contributed by atoms with Gasteiger partial charge in [-0.3, -0.25) is 0 Å². The van der Waals surface area contributed by atoms with Crippen molar-refractivity contribution < 1.29 is 17.5 Å². The lowest BCUT2D eigenvalue weighted by atomic mass is 10.3. The topological polar surface area (TPSA) is 81.4 Å². The summed E-state index contributed by atoms with van der Waals surface area (Å²) in [6.45, 7) is 0. The van der Waals surface area contributed by atoms with Crippen molar-refractivity contribution in [2.24, 2.45) is 0 Å². The highest BCUT2D eigenvalue weighted by Crippen LogP contribution is 2.35. The molecule has 0 heterocycles. The van der Waals surface area contributed by atoms with E-state index in [1.165, 1.54) is 0 Å². The van der Waals surface area contributed by atoms with Gasteiger partial charge in [-0.05, 0) is 41.3 Å². The lowest BCUT2D eigenvalue weighted by molar-refractivity contribution is 0.107. The van der Waals surface area contributed by atoms with Crippen LogP contribution in [0.15, 0.2) is 15.4 Å². The zero-order chi connectivity index (χ0) is 15.8. The largest absolute Gasteiger partial charge is 0.395 e. The molecule has 1 aliphatic rings. The summed E-state index contributed by atoms with van der Waals surface area (Å²) in [7, 11) is -2.45. The van der Waals surface area contributed by atoms with Crippen molar-refractivity contribution in [2.45, 2.75) is 36.3 Å². The van der Waals surface area contributed by atoms with Gasteiger partial charge < -0.3 is 10.5 Å². The summed E-state index contributed by atoms with van der Waals surface area (Å²) in [5, 5.41) is 0.0375. The second-order valence-electron chi connectivity index (χ2n) is 4.89. The minimum Gasteiger partial charge on any atom is -0.395 e. The number of nitrogens with two attached hydrogens (primary N) is 1. The average molecular weight is 402 g/mol. The number of rotatable bonds is 4. The monoisotopic (exact) mass is 400 g/mol. The molecule has 0 spiro atoms. The first-order chi connectivity index (χ1) is 9.76. The third-order valence-electron chi connectivity index (χ3n) is 3.49. The van der Waals surface area contributed by atoms with Crippen molar-refractivity contribution in [3.05, 3.63) is 21.4 Å². The highest BCUT2D eigenvalue weighted by molar-refractivity contribution is 9.10. The Bertz CT molecular complexity index is 656. The van der Waals surface area contributed by atoms with Crippen molar-refractivity contribution in [3.8, 4) is 0 Å². The van der Waals surface area contributed by atoms with Crippen LogP contribution in [-0.4, -0.2) is 27.7 Å². The molecule has 1 fully saturated rings. The van der Waals surface area contributed by atoms with Gasteiger partial charge in [0.05, 0.1) is 21.3 Å². The Balaban J connectivity index is 2.29. The number of sulfonamides is 1. The molecule has 5 nitrogen and oxygen atoms in total. The molecule has 3 N–H and O–H groups in total. The van der Waals surface area contributed by atoms with Gasteiger partial charge in [-0.15, -0.1) is 0 Å². The summed E-state index contributed by atoms with van der Waals surface area (Å²) in [5.41, 5.74) is 5.18. The lowest BCUT2D eigenvalue weighted by Crippen LogP contribution is -2.34. The molecule has 0 aromatic heterocycles. The lowest BCUT2D eigenvalue weighted by Gasteiger charge is -2.15. The molecule has 118 valence electrons. The number of nitrogen functional groups attached to an aromatic ring is 1. The predicted molar refractivity (Wildman–Crippen MR) is 82.3 cm³/mol. The molecule has 1 aromatic carbocycles. The molecular weight excluding hydrogens is 387 g/mol. The quantitative estimate of drug-likeness (QED) is 0.600. The second kappa shape index (κ2) is 6.37. The van der Waals surface area contributed by atoms with Gasteiger partial charge in [-0.2, -0.15) is 0 Å². The van der Waals surface area contributed by atoms with E-state index < -0.39 is 20.7 Å². The van der Waals surface area contributed by atoms with E-state index >= 15 is 0 Å². The first kappa shape index (κ1) is 17.0. The molecule has 21 heavy (non-hydrogen) atoms. The fourth-order valence-electron chi connectivity index (χ4n) is 2.34. The van der Waals surface area contributed by atoms with Crippen LogP contribution in [0, 0.1) is 5.82 Å². The number of halogens is 3. The van der Waals surface area contributed by atoms with Crippen LogP contribution in [0.5, 0.6) is 0 Å². The van der Waals surface area contributed by atoms with Crippen LogP contribution in [0.2, 0.25) is 5.02 Å². The number of benzene rings is 1. The fraction of sp³-hybridized carbons (Fsp3) is 0.500. The third-order valence-corrected chi connectivity index (χ3v) is 6.39. The molecule has 0 aliphatic heterocycles. The minimum atomic E-state index is -4.03. The maximum absolute atomic E-state index is 14.1. The molecular formula is C12H15BrClFN2O3S. The van der Waals surface area contributed by atoms with Crippen LogP contribution in [0.4, 0.5) is 10.1 Å². The van der Waals surface area contributed by atoms with Crippen molar-refractivity contribution in [2.75, 3.05) is 12.8 Å². The van der Waals surface area contributed by atoms with Gasteiger partial charge in [0.25, 0.3) is 0 Å². The first-order valence-corrected chi connectivity index (χ1v) is 8.89. The smallest absolute Gasteiger partial charge is 0.243 e. The van der Waals surface area contributed by atoms with E-state index in [1.54, 1.807) is 7.11 Å². The second-order valence-corrected chi connectivity index (χ2v) is 7.77. The maximum Gasteiger partial charge on any atom is 0.243 e. The number of hydrogen-bond donors (Lipinski definition) is 2. The molecule has 1 aliphatic carbocycles. The van der Waals surface area contributed by atoms with Crippen LogP contribution in [0.1, 0.15) is 19.3 Å². The van der Waals surface area contributed by atoms with Crippen molar-refractivity contribution in [3.63, 3.8) is 0 Å². The number of ether oxygens (including phenoxy) is 1.